The molecule has 1 aromatic rings. The molecule has 3 heteroatoms. The maximum Gasteiger partial charge on any atom is 0.0366 e. The summed E-state index contributed by atoms with van der Waals surface area (Å²) in [5, 5.41) is 0. The lowest BCUT2D eigenvalue weighted by atomic mass is 9.83. The zero-order chi connectivity index (χ0) is 14.7. The molecule has 0 amide bonds. The van der Waals surface area contributed by atoms with Gasteiger partial charge in [0.25, 0.3) is 0 Å². The second-order valence-corrected chi connectivity index (χ2v) is 6.92. The molecular weight excluding hydrogens is 258 g/mol. The maximum atomic E-state index is 6.23. The fourth-order valence-electron chi connectivity index (χ4n) is 3.95. The summed E-state index contributed by atoms with van der Waals surface area (Å²) in [7, 11) is 0. The first-order valence-electron chi connectivity index (χ1n) is 8.49. The van der Waals surface area contributed by atoms with Gasteiger partial charge in [0.2, 0.25) is 0 Å². The van der Waals surface area contributed by atoms with Gasteiger partial charge in [-0.2, -0.15) is 0 Å². The zero-order valence-corrected chi connectivity index (χ0v) is 13.3. The van der Waals surface area contributed by atoms with Crippen LogP contribution in [0.25, 0.3) is 0 Å². The van der Waals surface area contributed by atoms with Crippen molar-refractivity contribution in [2.75, 3.05) is 37.6 Å². The molecule has 2 fully saturated rings. The van der Waals surface area contributed by atoms with Gasteiger partial charge in [-0.1, -0.05) is 25.1 Å². The molecule has 0 bridgehead atoms. The number of nitrogens with two attached hydrogens (primary N) is 1. The highest BCUT2D eigenvalue weighted by Gasteiger charge is 2.39. The molecule has 0 aromatic heterocycles. The van der Waals surface area contributed by atoms with E-state index in [-0.39, 0.29) is 5.54 Å². The average Bonchev–Trinajstić information content (AvgIpc) is 2.56. The number of rotatable bonds is 3. The lowest BCUT2D eigenvalue weighted by Crippen LogP contribution is -2.61. The van der Waals surface area contributed by atoms with E-state index in [1.54, 1.807) is 0 Å². The minimum absolute atomic E-state index is 0.255. The van der Waals surface area contributed by atoms with Gasteiger partial charge in [0.05, 0.1) is 0 Å². The van der Waals surface area contributed by atoms with Crippen LogP contribution in [0.4, 0.5) is 5.69 Å². The highest BCUT2D eigenvalue weighted by molar-refractivity contribution is 5.46. The number of likely N-dealkylation sites (tertiary alicyclic amines) is 1. The van der Waals surface area contributed by atoms with Crippen LogP contribution in [0.1, 0.15) is 32.6 Å². The third-order valence-electron chi connectivity index (χ3n) is 5.65. The summed E-state index contributed by atoms with van der Waals surface area (Å²) in [6, 6.07) is 10.8. The number of benzene rings is 1. The second kappa shape index (κ2) is 6.37. The highest BCUT2D eigenvalue weighted by atomic mass is 15.2. The summed E-state index contributed by atoms with van der Waals surface area (Å²) >= 11 is 0. The molecule has 1 aromatic carbocycles. The molecule has 116 valence electrons. The summed E-state index contributed by atoms with van der Waals surface area (Å²) in [5.74, 6) is 0.889. The zero-order valence-electron chi connectivity index (χ0n) is 13.3. The second-order valence-electron chi connectivity index (χ2n) is 6.92. The van der Waals surface area contributed by atoms with Gasteiger partial charge in [-0.25, -0.2) is 0 Å². The van der Waals surface area contributed by atoms with Crippen LogP contribution in [0.2, 0.25) is 0 Å². The fraction of sp³-hybridized carbons (Fsp3) is 0.667. The van der Waals surface area contributed by atoms with Crippen molar-refractivity contribution in [1.82, 2.24) is 4.90 Å². The van der Waals surface area contributed by atoms with E-state index in [4.69, 9.17) is 5.73 Å². The van der Waals surface area contributed by atoms with Crippen LogP contribution < -0.4 is 10.6 Å². The van der Waals surface area contributed by atoms with Gasteiger partial charge in [-0.3, -0.25) is 4.90 Å². The van der Waals surface area contributed by atoms with Crippen LogP contribution >= 0.6 is 0 Å². The summed E-state index contributed by atoms with van der Waals surface area (Å²) in [6.07, 6.45) is 5.08. The molecule has 0 unspecified atom stereocenters. The van der Waals surface area contributed by atoms with Crippen molar-refractivity contribution in [3.05, 3.63) is 30.3 Å². The van der Waals surface area contributed by atoms with E-state index in [0.29, 0.717) is 0 Å². The molecule has 2 aliphatic heterocycles. The average molecular weight is 287 g/mol. The maximum absolute atomic E-state index is 6.23. The summed E-state index contributed by atoms with van der Waals surface area (Å²) in [4.78, 5) is 5.22. The van der Waals surface area contributed by atoms with Crippen LogP contribution in [-0.2, 0) is 0 Å². The number of piperidine rings is 2. The molecule has 3 rings (SSSR count). The minimum atomic E-state index is 0.255. The third-order valence-corrected chi connectivity index (χ3v) is 5.65. The van der Waals surface area contributed by atoms with E-state index >= 15 is 0 Å². The van der Waals surface area contributed by atoms with E-state index in [1.807, 2.05) is 0 Å². The predicted octanol–water partition coefficient (Wildman–Crippen LogP) is 2.72. The Balaban J connectivity index is 1.64. The van der Waals surface area contributed by atoms with E-state index in [0.717, 1.165) is 25.6 Å². The van der Waals surface area contributed by atoms with Gasteiger partial charge in [0.1, 0.15) is 0 Å². The lowest BCUT2D eigenvalue weighted by molar-refractivity contribution is 0.0386. The molecular formula is C18H29N3. The molecule has 0 spiro atoms. The van der Waals surface area contributed by atoms with Crippen molar-refractivity contribution in [1.29, 1.82) is 0 Å². The Morgan fingerprint density at radius 2 is 1.67 bits per heavy atom. The fourth-order valence-corrected chi connectivity index (χ4v) is 3.95. The van der Waals surface area contributed by atoms with Crippen molar-refractivity contribution < 1.29 is 0 Å². The third kappa shape index (κ3) is 3.09. The lowest BCUT2D eigenvalue weighted by Gasteiger charge is -2.51. The first-order chi connectivity index (χ1) is 10.2. The van der Waals surface area contributed by atoms with Gasteiger partial charge in [0.15, 0.2) is 0 Å². The Hall–Kier alpha value is -1.06. The molecule has 2 saturated heterocycles. The highest BCUT2D eigenvalue weighted by Crippen LogP contribution is 2.33. The molecule has 3 nitrogen and oxygen atoms in total. The van der Waals surface area contributed by atoms with E-state index in [2.05, 4.69) is 47.1 Å². The Kier molecular flexibility index (Phi) is 4.51. The minimum Gasteiger partial charge on any atom is -0.371 e. The quantitative estimate of drug-likeness (QED) is 0.928. The van der Waals surface area contributed by atoms with Crippen LogP contribution in [0.3, 0.4) is 0 Å². The standard InChI is InChI=1S/C18H29N3/c1-16-7-11-21(12-8-16)18(15-19)9-13-20(14-10-18)17-5-3-2-4-6-17/h2-6,16H,7-15,19H2,1H3. The van der Waals surface area contributed by atoms with Crippen molar-refractivity contribution in [2.45, 2.75) is 38.1 Å². The van der Waals surface area contributed by atoms with Crippen LogP contribution in [0.15, 0.2) is 30.3 Å². The number of para-hydroxylation sites is 1. The van der Waals surface area contributed by atoms with Crippen LogP contribution in [-0.4, -0.2) is 43.2 Å². The monoisotopic (exact) mass is 287 g/mol. The molecule has 2 aliphatic rings. The van der Waals surface area contributed by atoms with Gasteiger partial charge < -0.3 is 10.6 Å². The van der Waals surface area contributed by atoms with E-state index in [1.165, 1.54) is 44.5 Å². The summed E-state index contributed by atoms with van der Waals surface area (Å²) < 4.78 is 0. The summed E-state index contributed by atoms with van der Waals surface area (Å²) in [5.41, 5.74) is 7.84. The first-order valence-corrected chi connectivity index (χ1v) is 8.49. The number of hydrogen-bond acceptors (Lipinski definition) is 3. The van der Waals surface area contributed by atoms with Gasteiger partial charge in [0, 0.05) is 30.9 Å². The van der Waals surface area contributed by atoms with Crippen molar-refractivity contribution in [3.8, 4) is 0 Å². The molecule has 2 heterocycles. The van der Waals surface area contributed by atoms with Crippen molar-refractivity contribution in [3.63, 3.8) is 0 Å². The number of hydrogen-bond donors (Lipinski definition) is 1. The normalized spacial score (nSPS) is 24.2. The Labute approximate surface area is 129 Å². The molecule has 0 atom stereocenters. The van der Waals surface area contributed by atoms with Crippen molar-refractivity contribution >= 4 is 5.69 Å². The number of anilines is 1. The van der Waals surface area contributed by atoms with Crippen molar-refractivity contribution in [2.24, 2.45) is 11.7 Å². The molecule has 0 radical (unpaired) electrons. The van der Waals surface area contributed by atoms with Crippen LogP contribution in [0, 0.1) is 5.92 Å². The molecule has 0 saturated carbocycles. The first kappa shape index (κ1) is 14.9. The SMILES string of the molecule is CC1CCN(C2(CN)CCN(c3ccccc3)CC2)CC1. The molecule has 21 heavy (non-hydrogen) atoms. The van der Waals surface area contributed by atoms with E-state index in [9.17, 15) is 0 Å². The van der Waals surface area contributed by atoms with Gasteiger partial charge in [-0.15, -0.1) is 0 Å². The topological polar surface area (TPSA) is 32.5 Å². The Morgan fingerprint density at radius 3 is 2.24 bits per heavy atom. The summed E-state index contributed by atoms with van der Waals surface area (Å²) in [6.45, 7) is 7.93. The smallest absolute Gasteiger partial charge is 0.0366 e. The molecule has 2 N–H and O–H groups in total. The van der Waals surface area contributed by atoms with Gasteiger partial charge in [-0.05, 0) is 56.8 Å². The molecule has 0 aliphatic carbocycles. The Bertz CT molecular complexity index is 429. The largest absolute Gasteiger partial charge is 0.371 e. The Morgan fingerprint density at radius 1 is 1.05 bits per heavy atom. The van der Waals surface area contributed by atoms with Gasteiger partial charge >= 0.3 is 0 Å². The van der Waals surface area contributed by atoms with Crippen LogP contribution in [0.5, 0.6) is 0 Å². The number of nitrogens with zero attached hydrogens (tertiary/aromatic N) is 2. The van der Waals surface area contributed by atoms with E-state index < -0.39 is 0 Å². The predicted molar refractivity (Wildman–Crippen MR) is 89.6 cm³/mol.